The number of hydrogen-bond donors (Lipinski definition) is 3. The predicted octanol–water partition coefficient (Wildman–Crippen LogP) is 3.78. The molecule has 0 saturated heterocycles. The Bertz CT molecular complexity index is 1650. The van der Waals surface area contributed by atoms with Crippen molar-refractivity contribution in [1.29, 1.82) is 0 Å². The summed E-state index contributed by atoms with van der Waals surface area (Å²) in [5.74, 6) is -3.52. The largest absolute Gasteiger partial charge is 0.336 e. The third-order valence-corrected chi connectivity index (χ3v) is 6.27. The lowest BCUT2D eigenvalue weighted by Gasteiger charge is -2.19. The lowest BCUT2D eigenvalue weighted by atomic mass is 10.0. The molecule has 0 aliphatic carbocycles. The van der Waals surface area contributed by atoms with Gasteiger partial charge in [0.15, 0.2) is 11.6 Å². The summed E-state index contributed by atoms with van der Waals surface area (Å²) in [5, 5.41) is 8.13. The van der Waals surface area contributed by atoms with E-state index in [0.29, 0.717) is 22.5 Å². The highest BCUT2D eigenvalue weighted by Crippen LogP contribution is 2.27. The Hall–Kier alpha value is -5.12. The van der Waals surface area contributed by atoms with Gasteiger partial charge in [0, 0.05) is 17.6 Å². The van der Waals surface area contributed by atoms with Crippen molar-refractivity contribution in [2.24, 2.45) is 0 Å². The molecule has 0 unspecified atom stereocenters. The molecule has 1 aliphatic rings. The Labute approximate surface area is 221 Å². The Balaban J connectivity index is 1.38. The van der Waals surface area contributed by atoms with E-state index < -0.39 is 35.0 Å². The summed E-state index contributed by atoms with van der Waals surface area (Å²) in [7, 11) is 0. The maximum Gasteiger partial charge on any atom is 0.263 e. The molecule has 196 valence electrons. The summed E-state index contributed by atoms with van der Waals surface area (Å²) < 4.78 is 28.1. The number of amides is 3. The molecule has 3 aromatic carbocycles. The molecule has 1 atom stereocenters. The molecular formula is C29H22F2N4O4. The van der Waals surface area contributed by atoms with Crippen LogP contribution in [-0.2, 0) is 22.6 Å². The van der Waals surface area contributed by atoms with E-state index in [1.54, 1.807) is 48.5 Å². The van der Waals surface area contributed by atoms with E-state index >= 15 is 0 Å². The highest BCUT2D eigenvalue weighted by Gasteiger charge is 2.26. The van der Waals surface area contributed by atoms with Gasteiger partial charge in [-0.2, -0.15) is 0 Å². The van der Waals surface area contributed by atoms with Gasteiger partial charge in [-0.25, -0.2) is 8.78 Å². The van der Waals surface area contributed by atoms with Gasteiger partial charge >= 0.3 is 0 Å². The van der Waals surface area contributed by atoms with Crippen LogP contribution in [0.4, 0.5) is 20.2 Å². The number of anilines is 2. The smallest absolute Gasteiger partial charge is 0.263 e. The Morgan fingerprint density at radius 2 is 1.72 bits per heavy atom. The van der Waals surface area contributed by atoms with E-state index in [0.717, 1.165) is 17.7 Å². The van der Waals surface area contributed by atoms with Crippen LogP contribution in [0, 0.1) is 11.6 Å². The van der Waals surface area contributed by atoms with Crippen molar-refractivity contribution in [2.75, 3.05) is 10.6 Å². The first-order valence-electron chi connectivity index (χ1n) is 12.0. The van der Waals surface area contributed by atoms with Crippen molar-refractivity contribution in [2.45, 2.75) is 19.0 Å². The zero-order valence-electron chi connectivity index (χ0n) is 20.4. The van der Waals surface area contributed by atoms with E-state index in [9.17, 15) is 28.0 Å². The Morgan fingerprint density at radius 1 is 0.923 bits per heavy atom. The van der Waals surface area contributed by atoms with Crippen LogP contribution < -0.4 is 21.5 Å². The number of aromatic nitrogens is 1. The fraction of sp³-hybridized carbons (Fsp3) is 0.103. The molecule has 3 amide bonds. The molecule has 1 aliphatic heterocycles. The molecule has 8 nitrogen and oxygen atoms in total. The van der Waals surface area contributed by atoms with E-state index in [4.69, 9.17) is 0 Å². The SMILES string of the molecule is O=C1Cc2cc(NC(=O)[C@H](NC(=O)c3cccn(Cc4ccc(F)c(F)c4)c3=O)c3ccccc3)ccc2N1. The molecule has 0 radical (unpaired) electrons. The molecule has 2 heterocycles. The number of rotatable bonds is 7. The third kappa shape index (κ3) is 5.59. The van der Waals surface area contributed by atoms with Crippen LogP contribution in [0.15, 0.2) is 89.9 Å². The zero-order valence-corrected chi connectivity index (χ0v) is 20.4. The Kier molecular flexibility index (Phi) is 7.00. The van der Waals surface area contributed by atoms with Gasteiger partial charge < -0.3 is 20.5 Å². The normalized spacial score (nSPS) is 12.8. The van der Waals surface area contributed by atoms with Crippen molar-refractivity contribution in [3.05, 3.63) is 129 Å². The molecule has 5 rings (SSSR count). The lowest BCUT2D eigenvalue weighted by molar-refractivity contribution is -0.118. The van der Waals surface area contributed by atoms with Crippen molar-refractivity contribution in [3.63, 3.8) is 0 Å². The molecule has 39 heavy (non-hydrogen) atoms. The van der Waals surface area contributed by atoms with Crippen LogP contribution in [0.1, 0.15) is 33.1 Å². The number of pyridine rings is 1. The van der Waals surface area contributed by atoms with Gasteiger partial charge in [-0.1, -0.05) is 36.4 Å². The number of benzene rings is 3. The highest BCUT2D eigenvalue weighted by molar-refractivity contribution is 6.03. The van der Waals surface area contributed by atoms with Gasteiger partial charge in [0.2, 0.25) is 5.91 Å². The average molecular weight is 529 g/mol. The van der Waals surface area contributed by atoms with E-state index in [1.807, 2.05) is 0 Å². The van der Waals surface area contributed by atoms with E-state index in [1.165, 1.54) is 29.0 Å². The van der Waals surface area contributed by atoms with Crippen LogP contribution in [-0.4, -0.2) is 22.3 Å². The molecule has 4 aromatic rings. The second-order valence-electron chi connectivity index (χ2n) is 9.01. The first-order valence-corrected chi connectivity index (χ1v) is 12.0. The fourth-order valence-electron chi connectivity index (χ4n) is 4.34. The van der Waals surface area contributed by atoms with Gasteiger partial charge in [-0.15, -0.1) is 0 Å². The van der Waals surface area contributed by atoms with Crippen molar-refractivity contribution in [1.82, 2.24) is 9.88 Å². The molecule has 0 spiro atoms. The first-order chi connectivity index (χ1) is 18.8. The number of hydrogen-bond acceptors (Lipinski definition) is 4. The average Bonchev–Trinajstić information content (AvgIpc) is 3.30. The summed E-state index contributed by atoms with van der Waals surface area (Å²) in [4.78, 5) is 51.3. The lowest BCUT2D eigenvalue weighted by Crippen LogP contribution is -2.40. The molecule has 0 fully saturated rings. The van der Waals surface area contributed by atoms with Gasteiger partial charge in [-0.3, -0.25) is 19.2 Å². The van der Waals surface area contributed by atoms with E-state index in [-0.39, 0.29) is 24.4 Å². The predicted molar refractivity (Wildman–Crippen MR) is 140 cm³/mol. The molecule has 1 aromatic heterocycles. The van der Waals surface area contributed by atoms with Gasteiger partial charge in [-0.05, 0) is 59.2 Å². The van der Waals surface area contributed by atoms with Gasteiger partial charge in [0.25, 0.3) is 17.4 Å². The summed E-state index contributed by atoms with van der Waals surface area (Å²) in [6, 6.07) is 18.5. The van der Waals surface area contributed by atoms with Gasteiger partial charge in [0.05, 0.1) is 13.0 Å². The summed E-state index contributed by atoms with van der Waals surface area (Å²) in [6.07, 6.45) is 1.62. The third-order valence-electron chi connectivity index (χ3n) is 6.27. The summed E-state index contributed by atoms with van der Waals surface area (Å²) in [5.41, 5.74) is 1.79. The van der Waals surface area contributed by atoms with Crippen LogP contribution in [0.25, 0.3) is 0 Å². The minimum Gasteiger partial charge on any atom is -0.336 e. The quantitative estimate of drug-likeness (QED) is 0.339. The highest BCUT2D eigenvalue weighted by atomic mass is 19.2. The second-order valence-corrected chi connectivity index (χ2v) is 9.01. The first kappa shape index (κ1) is 25.5. The molecule has 0 saturated carbocycles. The van der Waals surface area contributed by atoms with E-state index in [2.05, 4.69) is 16.0 Å². The minimum atomic E-state index is -1.15. The van der Waals surface area contributed by atoms with Crippen LogP contribution >= 0.6 is 0 Å². The summed E-state index contributed by atoms with van der Waals surface area (Å²) in [6.45, 7) is -0.0879. The second kappa shape index (κ2) is 10.7. The molecule has 3 N–H and O–H groups in total. The van der Waals surface area contributed by atoms with Crippen LogP contribution in [0.2, 0.25) is 0 Å². The molecular weight excluding hydrogens is 506 g/mol. The Morgan fingerprint density at radius 3 is 2.49 bits per heavy atom. The fourth-order valence-corrected chi connectivity index (χ4v) is 4.34. The van der Waals surface area contributed by atoms with Crippen molar-refractivity contribution in [3.8, 4) is 0 Å². The van der Waals surface area contributed by atoms with Crippen LogP contribution in [0.3, 0.4) is 0 Å². The number of carbonyl (C=O) groups is 3. The zero-order chi connectivity index (χ0) is 27.5. The van der Waals surface area contributed by atoms with Gasteiger partial charge in [0.1, 0.15) is 11.6 Å². The van der Waals surface area contributed by atoms with Crippen molar-refractivity contribution < 1.29 is 23.2 Å². The summed E-state index contributed by atoms with van der Waals surface area (Å²) >= 11 is 0. The number of nitrogens with zero attached hydrogens (tertiary/aromatic N) is 1. The standard InChI is InChI=1S/C29H22F2N4O4/c30-22-10-8-17(13-23(22)31)16-35-12-4-7-21(29(35)39)27(37)34-26(18-5-2-1-3-6-18)28(38)32-20-9-11-24-19(14-20)15-25(36)33-24/h1-14,26H,15-16H2,(H,32,38)(H,33,36)(H,34,37)/t26-/m1/s1. The maximum atomic E-state index is 13.6. The number of nitrogens with one attached hydrogen (secondary N) is 3. The number of fused-ring (bicyclic) bond motifs is 1. The minimum absolute atomic E-state index is 0.0879. The molecule has 10 heteroatoms. The molecule has 0 bridgehead atoms. The monoisotopic (exact) mass is 528 g/mol. The topological polar surface area (TPSA) is 109 Å². The maximum absolute atomic E-state index is 13.6. The van der Waals surface area contributed by atoms with Crippen molar-refractivity contribution >= 4 is 29.1 Å². The number of halogens is 2. The van der Waals surface area contributed by atoms with Crippen LogP contribution in [0.5, 0.6) is 0 Å². The number of carbonyl (C=O) groups excluding carboxylic acids is 3.